The number of hydrogen-bond donors (Lipinski definition) is 2. The van der Waals surface area contributed by atoms with Gasteiger partial charge in [0.25, 0.3) is 0 Å². The Balaban J connectivity index is 0.00000182. The molecule has 11 heteroatoms. The van der Waals surface area contributed by atoms with Crippen molar-refractivity contribution in [3.63, 3.8) is 0 Å². The number of benzene rings is 1. The van der Waals surface area contributed by atoms with Crippen molar-refractivity contribution in [3.8, 4) is 5.75 Å². The standard InChI is InChI=1S/C16H20F3N3O3.2ClH/c17-16(18,19)25-13-3-1-2-12(8-13)22-6-4-11(9-22)21-15(23)14-10-24-7-5-20-14;;/h1-3,8,11,14,20H,4-7,9-10H2,(H,21,23);2*1H. The van der Waals surface area contributed by atoms with Crippen LogP contribution in [-0.2, 0) is 9.53 Å². The molecule has 2 N–H and O–H groups in total. The number of carbonyl (C=O) groups excluding carboxylic acids is 1. The lowest BCUT2D eigenvalue weighted by molar-refractivity contribution is -0.274. The zero-order valence-corrected chi connectivity index (χ0v) is 16.0. The summed E-state index contributed by atoms with van der Waals surface area (Å²) in [5, 5.41) is 6.06. The summed E-state index contributed by atoms with van der Waals surface area (Å²) in [6, 6.07) is 5.46. The molecule has 0 radical (unpaired) electrons. The van der Waals surface area contributed by atoms with Gasteiger partial charge in [0.1, 0.15) is 11.8 Å². The minimum Gasteiger partial charge on any atom is -0.406 e. The molecule has 0 aliphatic carbocycles. The number of morpholine rings is 1. The number of alkyl halides is 3. The van der Waals surface area contributed by atoms with Crippen molar-refractivity contribution in [3.05, 3.63) is 24.3 Å². The van der Waals surface area contributed by atoms with Gasteiger partial charge < -0.3 is 25.0 Å². The Kier molecular flexibility index (Phi) is 8.93. The third kappa shape index (κ3) is 6.91. The van der Waals surface area contributed by atoms with Crippen molar-refractivity contribution in [1.82, 2.24) is 10.6 Å². The fraction of sp³-hybridized carbons (Fsp3) is 0.562. The van der Waals surface area contributed by atoms with Gasteiger partial charge in [-0.25, -0.2) is 0 Å². The van der Waals surface area contributed by atoms with Gasteiger partial charge in [-0.05, 0) is 18.6 Å². The summed E-state index contributed by atoms with van der Waals surface area (Å²) < 4.78 is 46.2. The number of hydrogen-bond acceptors (Lipinski definition) is 5. The van der Waals surface area contributed by atoms with Crippen molar-refractivity contribution in [2.75, 3.05) is 37.7 Å². The summed E-state index contributed by atoms with van der Waals surface area (Å²) in [5.74, 6) is -0.359. The van der Waals surface area contributed by atoms with Gasteiger partial charge >= 0.3 is 6.36 Å². The molecule has 3 rings (SSSR count). The molecule has 0 bridgehead atoms. The first-order valence-electron chi connectivity index (χ1n) is 8.13. The van der Waals surface area contributed by atoms with Crippen molar-refractivity contribution < 1.29 is 27.4 Å². The maximum absolute atomic E-state index is 12.3. The number of carbonyl (C=O) groups is 1. The molecule has 2 aliphatic rings. The van der Waals surface area contributed by atoms with E-state index >= 15 is 0 Å². The van der Waals surface area contributed by atoms with Gasteiger partial charge in [0.15, 0.2) is 0 Å². The Morgan fingerprint density at radius 3 is 2.78 bits per heavy atom. The van der Waals surface area contributed by atoms with Gasteiger partial charge in [-0.15, -0.1) is 38.0 Å². The molecule has 1 aromatic carbocycles. The van der Waals surface area contributed by atoms with Crippen molar-refractivity contribution in [2.24, 2.45) is 0 Å². The van der Waals surface area contributed by atoms with Crippen LogP contribution in [0.15, 0.2) is 24.3 Å². The van der Waals surface area contributed by atoms with Crippen LogP contribution in [0, 0.1) is 0 Å². The highest BCUT2D eigenvalue weighted by atomic mass is 35.5. The molecule has 2 aliphatic heterocycles. The summed E-state index contributed by atoms with van der Waals surface area (Å²) in [5.41, 5.74) is 0.637. The zero-order valence-electron chi connectivity index (χ0n) is 14.3. The van der Waals surface area contributed by atoms with Gasteiger partial charge in [0.2, 0.25) is 5.91 Å². The average molecular weight is 432 g/mol. The number of halogens is 5. The molecule has 2 unspecified atom stereocenters. The van der Waals surface area contributed by atoms with Crippen LogP contribution < -0.4 is 20.3 Å². The lowest BCUT2D eigenvalue weighted by atomic mass is 10.2. The lowest BCUT2D eigenvalue weighted by Crippen LogP contribution is -2.53. The van der Waals surface area contributed by atoms with E-state index < -0.39 is 6.36 Å². The topological polar surface area (TPSA) is 62.8 Å². The molecule has 6 nitrogen and oxygen atoms in total. The van der Waals surface area contributed by atoms with Crippen molar-refractivity contribution in [2.45, 2.75) is 24.9 Å². The molecular formula is C16H22Cl2F3N3O3. The second-order valence-corrected chi connectivity index (χ2v) is 6.07. The second kappa shape index (κ2) is 10.2. The largest absolute Gasteiger partial charge is 0.573 e. The highest BCUT2D eigenvalue weighted by molar-refractivity contribution is 5.85. The quantitative estimate of drug-likeness (QED) is 0.764. The first kappa shape index (κ1) is 23.6. The lowest BCUT2D eigenvalue weighted by Gasteiger charge is -2.25. The summed E-state index contributed by atoms with van der Waals surface area (Å²) in [6.07, 6.45) is -3.99. The Hall–Kier alpha value is -1.42. The normalized spacial score (nSPS) is 22.4. The molecule has 1 aromatic rings. The van der Waals surface area contributed by atoms with Gasteiger partial charge in [-0.1, -0.05) is 6.07 Å². The Labute approximate surface area is 167 Å². The number of amides is 1. The van der Waals surface area contributed by atoms with E-state index in [-0.39, 0.29) is 48.6 Å². The Bertz CT molecular complexity index is 616. The smallest absolute Gasteiger partial charge is 0.406 e. The average Bonchev–Trinajstić information content (AvgIpc) is 3.03. The van der Waals surface area contributed by atoms with E-state index in [9.17, 15) is 18.0 Å². The summed E-state index contributed by atoms with van der Waals surface area (Å²) in [7, 11) is 0. The van der Waals surface area contributed by atoms with Crippen molar-refractivity contribution >= 4 is 36.4 Å². The maximum atomic E-state index is 12.3. The van der Waals surface area contributed by atoms with Gasteiger partial charge in [0, 0.05) is 37.4 Å². The van der Waals surface area contributed by atoms with E-state index in [0.29, 0.717) is 38.5 Å². The molecule has 1 amide bonds. The van der Waals surface area contributed by atoms with Crippen molar-refractivity contribution in [1.29, 1.82) is 0 Å². The van der Waals surface area contributed by atoms with Crippen LogP contribution in [0.5, 0.6) is 5.75 Å². The number of nitrogens with zero attached hydrogens (tertiary/aromatic N) is 1. The highest BCUT2D eigenvalue weighted by Crippen LogP contribution is 2.28. The van der Waals surface area contributed by atoms with Crippen LogP contribution in [0.25, 0.3) is 0 Å². The third-order valence-electron chi connectivity index (χ3n) is 4.19. The summed E-state index contributed by atoms with van der Waals surface area (Å²) in [6.45, 7) is 2.76. The minimum atomic E-state index is -4.71. The first-order valence-corrected chi connectivity index (χ1v) is 8.13. The fourth-order valence-corrected chi connectivity index (χ4v) is 3.03. The molecule has 27 heavy (non-hydrogen) atoms. The van der Waals surface area contributed by atoms with E-state index in [1.54, 1.807) is 6.07 Å². The van der Waals surface area contributed by atoms with Crippen LogP contribution >= 0.6 is 24.8 Å². The van der Waals surface area contributed by atoms with Crippen LogP contribution in [-0.4, -0.2) is 57.2 Å². The molecule has 2 fully saturated rings. The van der Waals surface area contributed by atoms with E-state index in [1.165, 1.54) is 18.2 Å². The van der Waals surface area contributed by atoms with Crippen LogP contribution in [0.2, 0.25) is 0 Å². The number of anilines is 1. The summed E-state index contributed by atoms with van der Waals surface area (Å²) >= 11 is 0. The Morgan fingerprint density at radius 2 is 2.11 bits per heavy atom. The SMILES string of the molecule is Cl.Cl.O=C(NC1CCN(c2cccc(OC(F)(F)F)c2)C1)C1COCCN1. The minimum absolute atomic E-state index is 0. The monoisotopic (exact) mass is 431 g/mol. The first-order chi connectivity index (χ1) is 11.9. The highest BCUT2D eigenvalue weighted by Gasteiger charge is 2.32. The fourth-order valence-electron chi connectivity index (χ4n) is 3.03. The van der Waals surface area contributed by atoms with Gasteiger partial charge in [0.05, 0.1) is 13.2 Å². The second-order valence-electron chi connectivity index (χ2n) is 6.07. The Morgan fingerprint density at radius 1 is 1.33 bits per heavy atom. The van der Waals surface area contributed by atoms with Crippen LogP contribution in [0.3, 0.4) is 0 Å². The molecule has 2 heterocycles. The van der Waals surface area contributed by atoms with Gasteiger partial charge in [-0.3, -0.25) is 4.79 Å². The molecular weight excluding hydrogens is 410 g/mol. The van der Waals surface area contributed by atoms with E-state index in [2.05, 4.69) is 15.4 Å². The molecule has 0 aromatic heterocycles. The van der Waals surface area contributed by atoms with E-state index in [4.69, 9.17) is 4.74 Å². The number of ether oxygens (including phenoxy) is 2. The number of nitrogens with one attached hydrogen (secondary N) is 2. The summed E-state index contributed by atoms with van der Waals surface area (Å²) in [4.78, 5) is 14.1. The predicted octanol–water partition coefficient (Wildman–Crippen LogP) is 2.11. The molecule has 2 atom stereocenters. The third-order valence-corrected chi connectivity index (χ3v) is 4.19. The molecule has 2 saturated heterocycles. The van der Waals surface area contributed by atoms with Crippen LogP contribution in [0.1, 0.15) is 6.42 Å². The van der Waals surface area contributed by atoms with E-state index in [1.807, 2.05) is 4.90 Å². The van der Waals surface area contributed by atoms with E-state index in [0.717, 1.165) is 6.42 Å². The molecule has 154 valence electrons. The molecule has 0 spiro atoms. The van der Waals surface area contributed by atoms with Crippen LogP contribution in [0.4, 0.5) is 18.9 Å². The predicted molar refractivity (Wildman–Crippen MR) is 99.0 cm³/mol. The molecule has 0 saturated carbocycles. The number of rotatable bonds is 4. The maximum Gasteiger partial charge on any atom is 0.573 e. The van der Waals surface area contributed by atoms with Gasteiger partial charge in [-0.2, -0.15) is 0 Å². The zero-order chi connectivity index (χ0) is 17.9.